The highest BCUT2D eigenvalue weighted by atomic mass is 16.5. The number of aliphatic carboxylic acids is 1. The zero-order valence-electron chi connectivity index (χ0n) is 11.8. The van der Waals surface area contributed by atoms with Crippen LogP contribution in [0, 0.1) is 0 Å². The SMILES string of the molecule is CCOc1ccc(OC(C)(C)C(=O)NCC(=O)O)cc1. The Balaban J connectivity index is 2.64. The fraction of sp³-hybridized carbons (Fsp3) is 0.429. The van der Waals surface area contributed by atoms with Crippen LogP contribution in [-0.2, 0) is 9.59 Å². The molecule has 0 saturated heterocycles. The van der Waals surface area contributed by atoms with Gasteiger partial charge in [-0.3, -0.25) is 9.59 Å². The zero-order chi connectivity index (χ0) is 15.2. The molecule has 6 heteroatoms. The van der Waals surface area contributed by atoms with Crippen LogP contribution < -0.4 is 14.8 Å². The number of carbonyl (C=O) groups excluding carboxylic acids is 1. The summed E-state index contributed by atoms with van der Waals surface area (Å²) in [5, 5.41) is 10.8. The topological polar surface area (TPSA) is 84.9 Å². The van der Waals surface area contributed by atoms with E-state index in [9.17, 15) is 9.59 Å². The van der Waals surface area contributed by atoms with Crippen molar-refractivity contribution in [3.8, 4) is 11.5 Å². The highest BCUT2D eigenvalue weighted by molar-refractivity contribution is 5.87. The summed E-state index contributed by atoms with van der Waals surface area (Å²) in [6.07, 6.45) is 0. The third-order valence-electron chi connectivity index (χ3n) is 2.45. The number of carboxylic acid groups (broad SMARTS) is 1. The lowest BCUT2D eigenvalue weighted by atomic mass is 10.1. The van der Waals surface area contributed by atoms with Crippen molar-refractivity contribution in [1.29, 1.82) is 0 Å². The Labute approximate surface area is 117 Å². The molecule has 1 aromatic rings. The summed E-state index contributed by atoms with van der Waals surface area (Å²) < 4.78 is 10.9. The summed E-state index contributed by atoms with van der Waals surface area (Å²) in [6, 6.07) is 6.86. The maximum absolute atomic E-state index is 11.8. The number of nitrogens with one attached hydrogen (secondary N) is 1. The predicted molar refractivity (Wildman–Crippen MR) is 73.0 cm³/mol. The summed E-state index contributed by atoms with van der Waals surface area (Å²) in [5.41, 5.74) is -1.16. The number of hydrogen-bond acceptors (Lipinski definition) is 4. The Morgan fingerprint density at radius 2 is 1.75 bits per heavy atom. The average Bonchev–Trinajstić information content (AvgIpc) is 2.38. The van der Waals surface area contributed by atoms with Crippen molar-refractivity contribution < 1.29 is 24.2 Å². The van der Waals surface area contributed by atoms with Gasteiger partial charge in [0.25, 0.3) is 5.91 Å². The van der Waals surface area contributed by atoms with Crippen molar-refractivity contribution in [3.63, 3.8) is 0 Å². The molecule has 0 unspecified atom stereocenters. The Morgan fingerprint density at radius 1 is 1.20 bits per heavy atom. The molecule has 0 bridgehead atoms. The number of carboxylic acids is 1. The second-order valence-electron chi connectivity index (χ2n) is 4.59. The first kappa shape index (κ1) is 15.8. The van der Waals surface area contributed by atoms with Crippen LogP contribution in [0.3, 0.4) is 0 Å². The minimum atomic E-state index is -1.16. The van der Waals surface area contributed by atoms with Crippen LogP contribution in [0.1, 0.15) is 20.8 Å². The highest BCUT2D eigenvalue weighted by Crippen LogP contribution is 2.22. The molecule has 20 heavy (non-hydrogen) atoms. The molecule has 0 fully saturated rings. The quantitative estimate of drug-likeness (QED) is 0.790. The Hall–Kier alpha value is -2.24. The summed E-state index contributed by atoms with van der Waals surface area (Å²) >= 11 is 0. The van der Waals surface area contributed by atoms with E-state index >= 15 is 0 Å². The van der Waals surface area contributed by atoms with Crippen LogP contribution >= 0.6 is 0 Å². The van der Waals surface area contributed by atoms with Gasteiger partial charge in [0, 0.05) is 0 Å². The van der Waals surface area contributed by atoms with E-state index in [4.69, 9.17) is 14.6 Å². The lowest BCUT2D eigenvalue weighted by molar-refractivity contribution is -0.141. The first-order chi connectivity index (χ1) is 9.35. The van der Waals surface area contributed by atoms with Gasteiger partial charge < -0.3 is 19.9 Å². The molecule has 0 radical (unpaired) electrons. The van der Waals surface area contributed by atoms with Crippen LogP contribution in [0.2, 0.25) is 0 Å². The van der Waals surface area contributed by atoms with Gasteiger partial charge in [0.1, 0.15) is 18.0 Å². The second kappa shape index (κ2) is 6.79. The van der Waals surface area contributed by atoms with Gasteiger partial charge >= 0.3 is 5.97 Å². The molecule has 0 heterocycles. The molecule has 6 nitrogen and oxygen atoms in total. The number of benzene rings is 1. The number of hydrogen-bond donors (Lipinski definition) is 2. The van der Waals surface area contributed by atoms with E-state index in [2.05, 4.69) is 5.32 Å². The molecule has 2 N–H and O–H groups in total. The van der Waals surface area contributed by atoms with Crippen LogP contribution in [0.15, 0.2) is 24.3 Å². The molecule has 0 aliphatic heterocycles. The average molecular weight is 281 g/mol. The maximum atomic E-state index is 11.8. The highest BCUT2D eigenvalue weighted by Gasteiger charge is 2.30. The van der Waals surface area contributed by atoms with Crippen molar-refractivity contribution in [2.24, 2.45) is 0 Å². The molecule has 0 aromatic heterocycles. The van der Waals surface area contributed by atoms with Crippen LogP contribution in [0.5, 0.6) is 11.5 Å². The molecule has 1 amide bonds. The van der Waals surface area contributed by atoms with Gasteiger partial charge in [0.2, 0.25) is 0 Å². The van der Waals surface area contributed by atoms with E-state index in [1.807, 2.05) is 6.92 Å². The van der Waals surface area contributed by atoms with Gasteiger partial charge in [-0.15, -0.1) is 0 Å². The normalized spacial score (nSPS) is 10.8. The lowest BCUT2D eigenvalue weighted by Crippen LogP contribution is -2.47. The van der Waals surface area contributed by atoms with E-state index in [1.165, 1.54) is 0 Å². The summed E-state index contributed by atoms with van der Waals surface area (Å²) in [5.74, 6) is -0.374. The molecule has 0 aliphatic rings. The zero-order valence-corrected chi connectivity index (χ0v) is 11.8. The third kappa shape index (κ3) is 4.79. The van der Waals surface area contributed by atoms with E-state index in [0.29, 0.717) is 18.1 Å². The Bertz CT molecular complexity index is 467. The summed E-state index contributed by atoms with van der Waals surface area (Å²) in [6.45, 7) is 5.17. The largest absolute Gasteiger partial charge is 0.494 e. The fourth-order valence-electron chi connectivity index (χ4n) is 1.48. The van der Waals surface area contributed by atoms with Gasteiger partial charge in [-0.1, -0.05) is 0 Å². The predicted octanol–water partition coefficient (Wildman–Crippen LogP) is 1.44. The first-order valence-electron chi connectivity index (χ1n) is 6.27. The molecular formula is C14H19NO5. The van der Waals surface area contributed by atoms with Crippen molar-refractivity contribution >= 4 is 11.9 Å². The summed E-state index contributed by atoms with van der Waals surface area (Å²) in [7, 11) is 0. The molecule has 110 valence electrons. The molecule has 0 spiro atoms. The van der Waals surface area contributed by atoms with Gasteiger partial charge in [-0.2, -0.15) is 0 Å². The van der Waals surface area contributed by atoms with E-state index < -0.39 is 24.0 Å². The molecule has 1 rings (SSSR count). The number of ether oxygens (including phenoxy) is 2. The second-order valence-corrected chi connectivity index (χ2v) is 4.59. The number of rotatable bonds is 7. The van der Waals surface area contributed by atoms with Gasteiger partial charge in [0.15, 0.2) is 5.60 Å². The Morgan fingerprint density at radius 3 is 2.25 bits per heavy atom. The molecule has 0 aliphatic carbocycles. The maximum Gasteiger partial charge on any atom is 0.322 e. The minimum Gasteiger partial charge on any atom is -0.494 e. The first-order valence-corrected chi connectivity index (χ1v) is 6.27. The number of carbonyl (C=O) groups is 2. The van der Waals surface area contributed by atoms with Crippen LogP contribution in [0.4, 0.5) is 0 Å². The summed E-state index contributed by atoms with van der Waals surface area (Å²) in [4.78, 5) is 22.2. The Kier molecular flexibility index (Phi) is 5.37. The van der Waals surface area contributed by atoms with Crippen molar-refractivity contribution in [2.45, 2.75) is 26.4 Å². The lowest BCUT2D eigenvalue weighted by Gasteiger charge is -2.25. The number of amides is 1. The van der Waals surface area contributed by atoms with Gasteiger partial charge in [-0.05, 0) is 45.0 Å². The van der Waals surface area contributed by atoms with Crippen molar-refractivity contribution in [2.75, 3.05) is 13.2 Å². The minimum absolute atomic E-state index is 0.436. The third-order valence-corrected chi connectivity index (χ3v) is 2.45. The molecule has 0 atom stereocenters. The van der Waals surface area contributed by atoms with Crippen molar-refractivity contribution in [1.82, 2.24) is 5.32 Å². The van der Waals surface area contributed by atoms with Crippen LogP contribution in [-0.4, -0.2) is 35.7 Å². The smallest absolute Gasteiger partial charge is 0.322 e. The van der Waals surface area contributed by atoms with Crippen molar-refractivity contribution in [3.05, 3.63) is 24.3 Å². The molecule has 0 saturated carbocycles. The van der Waals surface area contributed by atoms with E-state index in [0.717, 1.165) is 0 Å². The van der Waals surface area contributed by atoms with Gasteiger partial charge in [0.05, 0.1) is 6.61 Å². The standard InChI is InChI=1S/C14H19NO5/c1-4-19-10-5-7-11(8-6-10)20-14(2,3)13(18)15-9-12(16)17/h5-8H,4,9H2,1-3H3,(H,15,18)(H,16,17). The van der Waals surface area contributed by atoms with E-state index in [1.54, 1.807) is 38.1 Å². The molecular weight excluding hydrogens is 262 g/mol. The van der Waals surface area contributed by atoms with Crippen LogP contribution in [0.25, 0.3) is 0 Å². The monoisotopic (exact) mass is 281 g/mol. The molecule has 1 aromatic carbocycles. The van der Waals surface area contributed by atoms with E-state index in [-0.39, 0.29) is 0 Å². The fourth-order valence-corrected chi connectivity index (χ4v) is 1.48. The van der Waals surface area contributed by atoms with Gasteiger partial charge in [-0.25, -0.2) is 0 Å².